The minimum atomic E-state index is -0.911. The molecule has 0 saturated carbocycles. The van der Waals surface area contributed by atoms with Gasteiger partial charge in [0.05, 0.1) is 7.11 Å². The maximum absolute atomic E-state index is 11.7. The molecule has 1 aromatic carbocycles. The van der Waals surface area contributed by atoms with Crippen LogP contribution in [0.25, 0.3) is 0 Å². The molecule has 0 radical (unpaired) electrons. The van der Waals surface area contributed by atoms with Crippen LogP contribution in [0, 0.1) is 6.92 Å². The fourth-order valence-electron chi connectivity index (χ4n) is 1.88. The Morgan fingerprint density at radius 1 is 1.53 bits per heavy atom. The lowest BCUT2D eigenvalue weighted by atomic mass is 9.89. The van der Waals surface area contributed by atoms with E-state index in [0.29, 0.717) is 12.3 Å². The largest absolute Gasteiger partial charge is 0.496 e. The minimum absolute atomic E-state index is 0.414. The van der Waals surface area contributed by atoms with Crippen LogP contribution in [-0.2, 0) is 10.3 Å². The fourth-order valence-corrected chi connectivity index (χ4v) is 1.88. The predicted molar refractivity (Wildman–Crippen MR) is 68.0 cm³/mol. The molecule has 0 spiro atoms. The van der Waals surface area contributed by atoms with Crippen LogP contribution >= 0.6 is 0 Å². The van der Waals surface area contributed by atoms with Crippen LogP contribution in [0.4, 0.5) is 0 Å². The molecule has 0 aliphatic carbocycles. The van der Waals surface area contributed by atoms with Gasteiger partial charge in [0.25, 0.3) is 0 Å². The highest BCUT2D eigenvalue weighted by atomic mass is 16.5. The zero-order chi connectivity index (χ0) is 13.1. The van der Waals surface area contributed by atoms with Crippen molar-refractivity contribution in [1.29, 1.82) is 0 Å². The number of hydrogen-bond donors (Lipinski definition) is 2. The molecular formula is C13H20N2O2. The van der Waals surface area contributed by atoms with Crippen LogP contribution in [-0.4, -0.2) is 19.6 Å². The van der Waals surface area contributed by atoms with E-state index in [9.17, 15) is 4.79 Å². The van der Waals surface area contributed by atoms with Crippen molar-refractivity contribution in [2.24, 2.45) is 5.73 Å². The Morgan fingerprint density at radius 3 is 2.65 bits per heavy atom. The average molecular weight is 236 g/mol. The van der Waals surface area contributed by atoms with E-state index >= 15 is 0 Å². The van der Waals surface area contributed by atoms with Gasteiger partial charge in [-0.2, -0.15) is 0 Å². The molecule has 1 rings (SSSR count). The van der Waals surface area contributed by atoms with Gasteiger partial charge in [-0.05, 0) is 32.5 Å². The lowest BCUT2D eigenvalue weighted by Crippen LogP contribution is -2.50. The second kappa shape index (κ2) is 5.19. The number of methoxy groups -OCH3 is 1. The third-order valence-corrected chi connectivity index (χ3v) is 2.92. The molecule has 0 saturated heterocycles. The van der Waals surface area contributed by atoms with Gasteiger partial charge in [-0.25, -0.2) is 0 Å². The number of amides is 1. The number of primary amides is 1. The van der Waals surface area contributed by atoms with E-state index in [2.05, 4.69) is 5.32 Å². The number of aryl methyl sites for hydroxylation is 1. The number of nitrogens with one attached hydrogen (secondary N) is 1. The second-order valence-electron chi connectivity index (χ2n) is 4.22. The Morgan fingerprint density at radius 2 is 2.18 bits per heavy atom. The third kappa shape index (κ3) is 2.58. The summed E-state index contributed by atoms with van der Waals surface area (Å²) in [6.07, 6.45) is 0. The first-order valence-electron chi connectivity index (χ1n) is 5.65. The summed E-state index contributed by atoms with van der Waals surface area (Å²) in [5, 5.41) is 3.12. The van der Waals surface area contributed by atoms with Gasteiger partial charge in [0.15, 0.2) is 0 Å². The summed E-state index contributed by atoms with van der Waals surface area (Å²) in [5.74, 6) is 0.251. The molecule has 1 aromatic rings. The van der Waals surface area contributed by atoms with Crippen molar-refractivity contribution in [2.45, 2.75) is 26.3 Å². The van der Waals surface area contributed by atoms with E-state index in [4.69, 9.17) is 10.5 Å². The summed E-state index contributed by atoms with van der Waals surface area (Å²) in [6.45, 7) is 6.33. The topological polar surface area (TPSA) is 64.3 Å². The fraction of sp³-hybridized carbons (Fsp3) is 0.462. The summed E-state index contributed by atoms with van der Waals surface area (Å²) in [6, 6.07) is 5.71. The van der Waals surface area contributed by atoms with Crippen LogP contribution < -0.4 is 15.8 Å². The standard InChI is InChI=1S/C13H20N2O2/c1-5-15-13(3,12(14)16)10-8-9(2)6-7-11(10)17-4/h6-8,15H,5H2,1-4H3,(H2,14,16). The summed E-state index contributed by atoms with van der Waals surface area (Å²) < 4.78 is 5.30. The first-order chi connectivity index (χ1) is 7.95. The predicted octanol–water partition coefficient (Wildman–Crippen LogP) is 1.31. The molecular weight excluding hydrogens is 216 g/mol. The second-order valence-corrected chi connectivity index (χ2v) is 4.22. The average Bonchev–Trinajstić information content (AvgIpc) is 2.29. The number of hydrogen-bond acceptors (Lipinski definition) is 3. The zero-order valence-electron chi connectivity index (χ0n) is 10.8. The quantitative estimate of drug-likeness (QED) is 0.810. The molecule has 0 fully saturated rings. The van der Waals surface area contributed by atoms with Crippen molar-refractivity contribution >= 4 is 5.91 Å². The molecule has 0 aliphatic heterocycles. The molecule has 94 valence electrons. The highest BCUT2D eigenvalue weighted by Gasteiger charge is 2.34. The summed E-state index contributed by atoms with van der Waals surface area (Å²) in [5.41, 5.74) is 6.43. The Kier molecular flexibility index (Phi) is 4.12. The number of rotatable bonds is 5. The Labute approximate surface area is 102 Å². The van der Waals surface area contributed by atoms with Crippen molar-refractivity contribution in [3.8, 4) is 5.75 Å². The van der Waals surface area contributed by atoms with Crippen molar-refractivity contribution in [3.63, 3.8) is 0 Å². The first kappa shape index (κ1) is 13.5. The Hall–Kier alpha value is -1.55. The van der Waals surface area contributed by atoms with E-state index in [0.717, 1.165) is 11.1 Å². The van der Waals surface area contributed by atoms with Crippen molar-refractivity contribution in [1.82, 2.24) is 5.32 Å². The summed E-state index contributed by atoms with van der Waals surface area (Å²) in [7, 11) is 1.58. The number of ether oxygens (including phenoxy) is 1. The van der Waals surface area contributed by atoms with E-state index in [1.165, 1.54) is 0 Å². The van der Waals surface area contributed by atoms with Crippen LogP contribution in [0.1, 0.15) is 25.0 Å². The van der Waals surface area contributed by atoms with Crippen LogP contribution in [0.15, 0.2) is 18.2 Å². The molecule has 1 amide bonds. The van der Waals surface area contributed by atoms with E-state index < -0.39 is 11.4 Å². The number of benzene rings is 1. The van der Waals surface area contributed by atoms with E-state index in [1.807, 2.05) is 32.0 Å². The Balaban J connectivity index is 3.36. The van der Waals surface area contributed by atoms with Gasteiger partial charge in [-0.3, -0.25) is 4.79 Å². The minimum Gasteiger partial charge on any atom is -0.496 e. The Bertz CT molecular complexity index is 418. The lowest BCUT2D eigenvalue weighted by Gasteiger charge is -2.29. The normalized spacial score (nSPS) is 14.1. The number of carbonyl (C=O) groups excluding carboxylic acids is 1. The molecule has 4 heteroatoms. The smallest absolute Gasteiger partial charge is 0.242 e. The van der Waals surface area contributed by atoms with Gasteiger partial charge in [-0.1, -0.05) is 18.6 Å². The number of likely N-dealkylation sites (N-methyl/N-ethyl adjacent to an activating group) is 1. The SMILES string of the molecule is CCNC(C)(C(N)=O)c1cc(C)ccc1OC. The lowest BCUT2D eigenvalue weighted by molar-refractivity contribution is -0.124. The van der Waals surface area contributed by atoms with E-state index in [1.54, 1.807) is 14.0 Å². The molecule has 0 bridgehead atoms. The van der Waals surface area contributed by atoms with Gasteiger partial charge >= 0.3 is 0 Å². The molecule has 0 aromatic heterocycles. The monoisotopic (exact) mass is 236 g/mol. The molecule has 4 nitrogen and oxygen atoms in total. The van der Waals surface area contributed by atoms with Gasteiger partial charge < -0.3 is 15.8 Å². The van der Waals surface area contributed by atoms with Crippen molar-refractivity contribution < 1.29 is 9.53 Å². The van der Waals surface area contributed by atoms with Gasteiger partial charge in [-0.15, -0.1) is 0 Å². The molecule has 3 N–H and O–H groups in total. The summed E-state index contributed by atoms with van der Waals surface area (Å²) >= 11 is 0. The number of carbonyl (C=O) groups is 1. The molecule has 1 unspecified atom stereocenters. The molecule has 0 aliphatic rings. The zero-order valence-corrected chi connectivity index (χ0v) is 10.8. The van der Waals surface area contributed by atoms with E-state index in [-0.39, 0.29) is 0 Å². The first-order valence-corrected chi connectivity index (χ1v) is 5.65. The maximum atomic E-state index is 11.7. The number of nitrogens with two attached hydrogens (primary N) is 1. The molecule has 17 heavy (non-hydrogen) atoms. The van der Waals surface area contributed by atoms with Gasteiger partial charge in [0.1, 0.15) is 11.3 Å². The summed E-state index contributed by atoms with van der Waals surface area (Å²) in [4.78, 5) is 11.7. The highest BCUT2D eigenvalue weighted by molar-refractivity contribution is 5.86. The van der Waals surface area contributed by atoms with Gasteiger partial charge in [0, 0.05) is 5.56 Å². The maximum Gasteiger partial charge on any atom is 0.242 e. The van der Waals surface area contributed by atoms with Crippen molar-refractivity contribution in [2.75, 3.05) is 13.7 Å². The van der Waals surface area contributed by atoms with Crippen molar-refractivity contribution in [3.05, 3.63) is 29.3 Å². The van der Waals surface area contributed by atoms with Crippen LogP contribution in [0.3, 0.4) is 0 Å². The molecule has 0 heterocycles. The molecule has 1 atom stereocenters. The van der Waals surface area contributed by atoms with Crippen LogP contribution in [0.5, 0.6) is 5.75 Å². The van der Waals surface area contributed by atoms with Crippen LogP contribution in [0.2, 0.25) is 0 Å². The highest BCUT2D eigenvalue weighted by Crippen LogP contribution is 2.30. The van der Waals surface area contributed by atoms with Gasteiger partial charge in [0.2, 0.25) is 5.91 Å². The third-order valence-electron chi connectivity index (χ3n) is 2.92.